The van der Waals surface area contributed by atoms with Crippen LogP contribution in [0.1, 0.15) is 46.0 Å². The predicted molar refractivity (Wildman–Crippen MR) is 65.9 cm³/mol. The fourth-order valence-corrected chi connectivity index (χ4v) is 2.18. The highest BCUT2D eigenvalue weighted by atomic mass is 16.5. The lowest BCUT2D eigenvalue weighted by Crippen LogP contribution is -2.14. The van der Waals surface area contributed by atoms with Gasteiger partial charge in [-0.2, -0.15) is 0 Å². The first kappa shape index (κ1) is 14.2. The van der Waals surface area contributed by atoms with E-state index in [1.807, 2.05) is 0 Å². The van der Waals surface area contributed by atoms with Gasteiger partial charge >= 0.3 is 5.97 Å². The molecule has 1 aromatic heterocycles. The van der Waals surface area contributed by atoms with Gasteiger partial charge in [-0.05, 0) is 27.7 Å². The van der Waals surface area contributed by atoms with Crippen LogP contribution in [-0.2, 0) is 16.1 Å². The highest BCUT2D eigenvalue weighted by Gasteiger charge is 2.24. The Morgan fingerprint density at radius 2 is 1.39 bits per heavy atom. The summed E-state index contributed by atoms with van der Waals surface area (Å²) in [6.45, 7) is 6.27. The van der Waals surface area contributed by atoms with Crippen LogP contribution < -0.4 is 0 Å². The molecule has 0 aliphatic heterocycles. The van der Waals surface area contributed by atoms with Crippen LogP contribution in [0, 0.1) is 13.8 Å². The van der Waals surface area contributed by atoms with E-state index in [1.54, 1.807) is 18.4 Å². The zero-order chi connectivity index (χ0) is 14.0. The molecule has 0 aliphatic carbocycles. The summed E-state index contributed by atoms with van der Waals surface area (Å²) in [6, 6.07) is 0. The van der Waals surface area contributed by atoms with Crippen molar-refractivity contribution in [3.63, 3.8) is 0 Å². The summed E-state index contributed by atoms with van der Waals surface area (Å²) < 4.78 is 6.24. The van der Waals surface area contributed by atoms with Crippen LogP contribution in [0.25, 0.3) is 0 Å². The Bertz CT molecular complexity index is 488. The molecular formula is C13H17NO4. The topological polar surface area (TPSA) is 65.4 Å². The molecule has 1 heterocycles. The molecule has 0 aromatic carbocycles. The molecule has 0 radical (unpaired) electrons. The third-order valence-electron chi connectivity index (χ3n) is 3.00. The van der Waals surface area contributed by atoms with E-state index >= 15 is 0 Å². The van der Waals surface area contributed by atoms with Gasteiger partial charge in [0.15, 0.2) is 11.6 Å². The molecule has 0 unspecified atom stereocenters. The van der Waals surface area contributed by atoms with E-state index in [1.165, 1.54) is 21.0 Å². The Morgan fingerprint density at radius 3 is 1.67 bits per heavy atom. The van der Waals surface area contributed by atoms with Gasteiger partial charge in [0.05, 0.1) is 7.11 Å². The maximum atomic E-state index is 11.6. The van der Waals surface area contributed by atoms with Crippen LogP contribution in [0.2, 0.25) is 0 Å². The molecule has 0 amide bonds. The van der Waals surface area contributed by atoms with Crippen LogP contribution >= 0.6 is 0 Å². The zero-order valence-electron chi connectivity index (χ0n) is 11.3. The molecule has 0 fully saturated rings. The van der Waals surface area contributed by atoms with Crippen LogP contribution in [0.5, 0.6) is 0 Å². The average molecular weight is 251 g/mol. The summed E-state index contributed by atoms with van der Waals surface area (Å²) >= 11 is 0. The first-order valence-corrected chi connectivity index (χ1v) is 5.59. The summed E-state index contributed by atoms with van der Waals surface area (Å²) in [7, 11) is 1.30. The number of rotatable bonds is 4. The molecule has 0 N–H and O–H groups in total. The molecule has 0 saturated heterocycles. The van der Waals surface area contributed by atoms with Gasteiger partial charge in [-0.25, -0.2) is 0 Å². The second kappa shape index (κ2) is 5.16. The largest absolute Gasteiger partial charge is 0.468 e. The Hall–Kier alpha value is -1.91. The minimum atomic E-state index is -0.415. The van der Waals surface area contributed by atoms with Crippen molar-refractivity contribution in [3.8, 4) is 0 Å². The molecule has 0 saturated carbocycles. The lowest BCUT2D eigenvalue weighted by atomic mass is 10.0. The number of hydrogen-bond acceptors (Lipinski definition) is 4. The second-order valence-electron chi connectivity index (χ2n) is 4.20. The van der Waals surface area contributed by atoms with Gasteiger partial charge in [-0.3, -0.25) is 14.4 Å². The van der Waals surface area contributed by atoms with E-state index in [-0.39, 0.29) is 18.1 Å². The average Bonchev–Trinajstić information content (AvgIpc) is 2.53. The van der Waals surface area contributed by atoms with Crippen molar-refractivity contribution in [3.05, 3.63) is 22.5 Å². The number of carbonyl (C=O) groups is 3. The molecule has 5 heteroatoms. The van der Waals surface area contributed by atoms with E-state index in [0.29, 0.717) is 22.5 Å². The number of carbonyl (C=O) groups excluding carboxylic acids is 3. The van der Waals surface area contributed by atoms with E-state index in [0.717, 1.165) is 0 Å². The monoisotopic (exact) mass is 251 g/mol. The quantitative estimate of drug-likeness (QED) is 0.603. The van der Waals surface area contributed by atoms with E-state index in [2.05, 4.69) is 4.74 Å². The normalized spacial score (nSPS) is 10.3. The fourth-order valence-electron chi connectivity index (χ4n) is 2.18. The Morgan fingerprint density at radius 1 is 1.00 bits per heavy atom. The molecule has 0 spiro atoms. The van der Waals surface area contributed by atoms with Crippen molar-refractivity contribution in [1.82, 2.24) is 4.57 Å². The summed E-state index contributed by atoms with van der Waals surface area (Å²) in [6.07, 6.45) is 0. The first-order chi connectivity index (χ1) is 8.31. The van der Waals surface area contributed by atoms with E-state index in [4.69, 9.17) is 0 Å². The maximum absolute atomic E-state index is 11.6. The number of ether oxygens (including phenoxy) is 1. The van der Waals surface area contributed by atoms with Gasteiger partial charge in [-0.1, -0.05) is 0 Å². The molecular weight excluding hydrogens is 234 g/mol. The van der Waals surface area contributed by atoms with Crippen molar-refractivity contribution in [2.45, 2.75) is 34.2 Å². The number of nitrogens with zero attached hydrogens (tertiary/aromatic N) is 1. The van der Waals surface area contributed by atoms with Crippen molar-refractivity contribution >= 4 is 17.5 Å². The number of esters is 1. The predicted octanol–water partition coefficient (Wildman–Crippen LogP) is 1.68. The van der Waals surface area contributed by atoms with Crippen LogP contribution in [0.4, 0.5) is 0 Å². The van der Waals surface area contributed by atoms with E-state index in [9.17, 15) is 14.4 Å². The Labute approximate surface area is 106 Å². The second-order valence-corrected chi connectivity index (χ2v) is 4.20. The standard InChI is InChI=1S/C13H17NO4/c1-7-12(9(3)15)13(10(4)16)8(2)14(7)6-11(17)18-5/h6H2,1-5H3. The molecule has 18 heavy (non-hydrogen) atoms. The molecule has 0 aliphatic rings. The van der Waals surface area contributed by atoms with Gasteiger partial charge in [0.1, 0.15) is 6.54 Å². The molecule has 1 aromatic rings. The SMILES string of the molecule is COC(=O)Cn1c(C)c(C(C)=O)c(C(C)=O)c1C. The summed E-state index contributed by atoms with van der Waals surface area (Å²) in [4.78, 5) is 34.6. The smallest absolute Gasteiger partial charge is 0.325 e. The Balaban J connectivity index is 3.46. The van der Waals surface area contributed by atoms with Crippen molar-refractivity contribution in [2.24, 2.45) is 0 Å². The highest BCUT2D eigenvalue weighted by molar-refractivity contribution is 6.09. The van der Waals surface area contributed by atoms with Crippen LogP contribution in [0.3, 0.4) is 0 Å². The minimum Gasteiger partial charge on any atom is -0.468 e. The van der Waals surface area contributed by atoms with Gasteiger partial charge in [0.25, 0.3) is 0 Å². The number of Topliss-reactive ketones (excluding diaryl/α,β-unsaturated/α-hetero) is 2. The summed E-state index contributed by atoms with van der Waals surface area (Å²) in [5, 5.41) is 0. The molecule has 0 atom stereocenters. The van der Waals surface area contributed by atoms with Crippen LogP contribution in [0.15, 0.2) is 0 Å². The molecule has 98 valence electrons. The number of aromatic nitrogens is 1. The third-order valence-corrected chi connectivity index (χ3v) is 3.00. The molecule has 1 rings (SSSR count). The van der Waals surface area contributed by atoms with Crippen LogP contribution in [-0.4, -0.2) is 29.2 Å². The fraction of sp³-hybridized carbons (Fsp3) is 0.462. The number of methoxy groups -OCH3 is 1. The zero-order valence-corrected chi connectivity index (χ0v) is 11.3. The van der Waals surface area contributed by atoms with Gasteiger partial charge < -0.3 is 9.30 Å². The van der Waals surface area contributed by atoms with Crippen molar-refractivity contribution in [2.75, 3.05) is 7.11 Å². The molecule has 0 bridgehead atoms. The highest BCUT2D eigenvalue weighted by Crippen LogP contribution is 2.23. The minimum absolute atomic E-state index is 0.00171. The lowest BCUT2D eigenvalue weighted by Gasteiger charge is -2.07. The third kappa shape index (κ3) is 2.34. The van der Waals surface area contributed by atoms with Gasteiger partial charge in [0, 0.05) is 22.5 Å². The van der Waals surface area contributed by atoms with E-state index < -0.39 is 5.97 Å². The number of ketones is 2. The van der Waals surface area contributed by atoms with Gasteiger partial charge in [0.2, 0.25) is 0 Å². The maximum Gasteiger partial charge on any atom is 0.325 e. The number of hydrogen-bond donors (Lipinski definition) is 0. The van der Waals surface area contributed by atoms with Crippen molar-refractivity contribution in [1.29, 1.82) is 0 Å². The molecule has 5 nitrogen and oxygen atoms in total. The first-order valence-electron chi connectivity index (χ1n) is 5.59. The lowest BCUT2D eigenvalue weighted by molar-refractivity contribution is -0.141. The Kier molecular flexibility index (Phi) is 4.06. The summed E-state index contributed by atoms with van der Waals surface area (Å²) in [5.74, 6) is -0.768. The van der Waals surface area contributed by atoms with Crippen molar-refractivity contribution < 1.29 is 19.1 Å². The van der Waals surface area contributed by atoms with Gasteiger partial charge in [-0.15, -0.1) is 0 Å². The summed E-state index contributed by atoms with van der Waals surface area (Å²) in [5.41, 5.74) is 2.03.